The van der Waals surface area contributed by atoms with Crippen LogP contribution >= 0.6 is 0 Å². The zero-order chi connectivity index (χ0) is 38.9. The van der Waals surface area contributed by atoms with Crippen molar-refractivity contribution in [3.63, 3.8) is 0 Å². The molecular weight excluding hydrogens is 714 g/mol. The predicted molar refractivity (Wildman–Crippen MR) is 204 cm³/mol. The van der Waals surface area contributed by atoms with Crippen molar-refractivity contribution in [3.8, 4) is 6.07 Å². The number of amides is 5. The lowest BCUT2D eigenvalue weighted by molar-refractivity contribution is -0.136. The topological polar surface area (TPSA) is 137 Å². The first-order chi connectivity index (χ1) is 27.0. The van der Waals surface area contributed by atoms with Crippen LogP contribution in [0.15, 0.2) is 54.6 Å². The molecule has 0 saturated carbocycles. The van der Waals surface area contributed by atoms with Gasteiger partial charge in [-0.1, -0.05) is 0 Å². The summed E-state index contributed by atoms with van der Waals surface area (Å²) in [5, 5.41) is 11.4. The highest BCUT2D eigenvalue weighted by molar-refractivity contribution is 6.23. The van der Waals surface area contributed by atoms with E-state index in [0.717, 1.165) is 79.1 Å². The molecule has 1 unspecified atom stereocenters. The van der Waals surface area contributed by atoms with Gasteiger partial charge in [0.2, 0.25) is 11.8 Å². The van der Waals surface area contributed by atoms with Crippen LogP contribution in [0.3, 0.4) is 0 Å². The molecule has 3 aromatic rings. The number of nitrogens with one attached hydrogen (secondary N) is 1. The van der Waals surface area contributed by atoms with Gasteiger partial charge in [0.25, 0.3) is 17.7 Å². The van der Waals surface area contributed by atoms with Crippen molar-refractivity contribution >= 4 is 40.9 Å². The highest BCUT2D eigenvalue weighted by Gasteiger charge is 2.46. The van der Waals surface area contributed by atoms with Gasteiger partial charge in [0, 0.05) is 81.3 Å². The van der Waals surface area contributed by atoms with Crippen LogP contribution in [0.4, 0.5) is 15.8 Å². The Morgan fingerprint density at radius 1 is 0.857 bits per heavy atom. The summed E-state index contributed by atoms with van der Waals surface area (Å²) in [5.74, 6) is -2.43. The molecule has 1 spiro atoms. The van der Waals surface area contributed by atoms with E-state index in [2.05, 4.69) is 39.1 Å². The van der Waals surface area contributed by atoms with E-state index in [1.165, 1.54) is 6.07 Å². The molecule has 0 aliphatic carbocycles. The van der Waals surface area contributed by atoms with Crippen LogP contribution in [0.1, 0.15) is 99.6 Å². The molecule has 288 valence electrons. The third-order valence-corrected chi connectivity index (χ3v) is 13.2. The quantitative estimate of drug-likeness (QED) is 0.371. The van der Waals surface area contributed by atoms with Crippen molar-refractivity contribution in [2.24, 2.45) is 5.41 Å². The summed E-state index contributed by atoms with van der Waals surface area (Å²) in [5.41, 5.74) is 5.48. The molecular formula is C43H44FN7O5. The molecule has 6 heterocycles. The summed E-state index contributed by atoms with van der Waals surface area (Å²) >= 11 is 0. The Kier molecular flexibility index (Phi) is 8.91. The molecule has 2 atom stereocenters. The number of imide groups is 2. The highest BCUT2D eigenvalue weighted by Crippen LogP contribution is 2.46. The van der Waals surface area contributed by atoms with Gasteiger partial charge >= 0.3 is 0 Å². The zero-order valence-corrected chi connectivity index (χ0v) is 31.4. The number of nitriles is 1. The van der Waals surface area contributed by atoms with Crippen LogP contribution in [0, 0.1) is 22.6 Å². The Morgan fingerprint density at radius 3 is 2.11 bits per heavy atom. The highest BCUT2D eigenvalue weighted by atomic mass is 19.1. The van der Waals surface area contributed by atoms with Gasteiger partial charge in [0.1, 0.15) is 17.9 Å². The molecule has 6 aliphatic heterocycles. The second kappa shape index (κ2) is 13.8. The molecule has 0 radical (unpaired) electrons. The average molecular weight is 758 g/mol. The zero-order valence-electron chi connectivity index (χ0n) is 31.4. The number of rotatable bonds is 5. The molecule has 3 aromatic carbocycles. The lowest BCUT2D eigenvalue weighted by atomic mass is 9.76. The Bertz CT molecular complexity index is 2160. The second-order valence-corrected chi connectivity index (χ2v) is 16.5. The van der Waals surface area contributed by atoms with Gasteiger partial charge < -0.3 is 14.7 Å². The number of likely N-dealkylation sites (tertiary alicyclic amines) is 1. The summed E-state index contributed by atoms with van der Waals surface area (Å²) in [4.78, 5) is 74.3. The van der Waals surface area contributed by atoms with Crippen LogP contribution in [-0.2, 0) is 22.7 Å². The standard InChI is InChI=1S/C43H44FN7O5/c1-26-21-43(25-50(26)33-7-4-28(22-45)36(44)20-33)12-16-47(17-13-43)31-5-2-27(3-6-31)40(54)48-14-10-32(11-15-48)49-23-29-18-34-35(19-30(29)24-49)42(56)51(41(34)55)37-8-9-38(52)46-39(37)53/h2-7,18-20,26,32,37H,8-17,21,23-25H2,1H3,(H,46,52,53)/t26-,37?/m0/s1. The Morgan fingerprint density at radius 2 is 1.50 bits per heavy atom. The van der Waals surface area contributed by atoms with Crippen molar-refractivity contribution in [3.05, 3.63) is 93.8 Å². The van der Waals surface area contributed by atoms with Crippen LogP contribution in [0.5, 0.6) is 0 Å². The number of halogens is 1. The number of piperidine rings is 3. The average Bonchev–Trinajstić information content (AvgIpc) is 3.84. The number of anilines is 2. The number of nitrogens with zero attached hydrogens (tertiary/aromatic N) is 6. The Hall–Kier alpha value is -5.61. The summed E-state index contributed by atoms with van der Waals surface area (Å²) in [6, 6.07) is 18.0. The fourth-order valence-corrected chi connectivity index (χ4v) is 10.1. The number of hydrogen-bond donors (Lipinski definition) is 1. The minimum absolute atomic E-state index is 0.0330. The molecule has 9 rings (SSSR count). The largest absolute Gasteiger partial charge is 0.371 e. The number of carbonyl (C=O) groups excluding carboxylic acids is 5. The predicted octanol–water partition coefficient (Wildman–Crippen LogP) is 4.60. The lowest BCUT2D eigenvalue weighted by Crippen LogP contribution is -2.54. The van der Waals surface area contributed by atoms with Gasteiger partial charge in [0.05, 0.1) is 16.7 Å². The monoisotopic (exact) mass is 757 g/mol. The molecule has 0 aromatic heterocycles. The second-order valence-electron chi connectivity index (χ2n) is 16.5. The fraction of sp³-hybridized carbons (Fsp3) is 0.442. The number of benzene rings is 3. The van der Waals surface area contributed by atoms with Crippen LogP contribution in [-0.4, -0.2) is 95.1 Å². The fourth-order valence-electron chi connectivity index (χ4n) is 10.1. The van der Waals surface area contributed by atoms with Gasteiger partial charge in [-0.2, -0.15) is 5.26 Å². The lowest BCUT2D eigenvalue weighted by Gasteiger charge is -2.40. The van der Waals surface area contributed by atoms with Gasteiger partial charge in [-0.3, -0.25) is 39.1 Å². The van der Waals surface area contributed by atoms with Gasteiger partial charge in [0.15, 0.2) is 0 Å². The van der Waals surface area contributed by atoms with Crippen LogP contribution in [0.2, 0.25) is 0 Å². The van der Waals surface area contributed by atoms with Crippen molar-refractivity contribution in [2.75, 3.05) is 42.5 Å². The van der Waals surface area contributed by atoms with Crippen LogP contribution in [0.25, 0.3) is 0 Å². The smallest absolute Gasteiger partial charge is 0.262 e. The Labute approximate surface area is 324 Å². The summed E-state index contributed by atoms with van der Waals surface area (Å²) in [6.07, 6.45) is 4.98. The number of fused-ring (bicyclic) bond motifs is 2. The number of carbonyl (C=O) groups is 5. The maximum Gasteiger partial charge on any atom is 0.262 e. The van der Waals surface area contributed by atoms with Crippen LogP contribution < -0.4 is 15.1 Å². The van der Waals surface area contributed by atoms with Crippen molar-refractivity contribution < 1.29 is 28.4 Å². The molecule has 5 amide bonds. The molecule has 56 heavy (non-hydrogen) atoms. The van der Waals surface area contributed by atoms with E-state index in [1.54, 1.807) is 18.2 Å². The molecule has 6 aliphatic rings. The first kappa shape index (κ1) is 36.1. The van der Waals surface area contributed by atoms with E-state index in [-0.39, 0.29) is 41.8 Å². The molecule has 4 saturated heterocycles. The molecule has 4 fully saturated rings. The van der Waals surface area contributed by atoms with E-state index in [4.69, 9.17) is 5.26 Å². The third kappa shape index (κ3) is 6.20. The molecule has 0 bridgehead atoms. The summed E-state index contributed by atoms with van der Waals surface area (Å²) < 4.78 is 14.4. The van der Waals surface area contributed by atoms with E-state index in [0.29, 0.717) is 42.9 Å². The molecule has 13 heteroatoms. The first-order valence-corrected chi connectivity index (χ1v) is 19.7. The SMILES string of the molecule is C[C@H]1CC2(CCN(c3ccc(C(=O)N4CCC(N5Cc6cc7c(cc6C5)C(=O)N(C5CCC(=O)NC5=O)C7=O)CC4)cc3)CC2)CN1c1ccc(C#N)c(F)c1. The first-order valence-electron chi connectivity index (χ1n) is 19.7. The van der Waals surface area contributed by atoms with Crippen molar-refractivity contribution in [1.29, 1.82) is 5.26 Å². The Balaban J connectivity index is 0.766. The van der Waals surface area contributed by atoms with Gasteiger partial charge in [-0.15, -0.1) is 0 Å². The van der Waals surface area contributed by atoms with E-state index in [1.807, 2.05) is 29.2 Å². The molecule has 12 nitrogen and oxygen atoms in total. The normalized spacial score (nSPS) is 23.8. The van der Waals surface area contributed by atoms with E-state index in [9.17, 15) is 28.4 Å². The minimum Gasteiger partial charge on any atom is -0.371 e. The van der Waals surface area contributed by atoms with Crippen molar-refractivity contribution in [1.82, 2.24) is 20.0 Å². The van der Waals surface area contributed by atoms with Crippen molar-refractivity contribution in [2.45, 2.75) is 83.1 Å². The third-order valence-electron chi connectivity index (χ3n) is 13.2. The van der Waals surface area contributed by atoms with Gasteiger partial charge in [-0.05, 0) is 117 Å². The van der Waals surface area contributed by atoms with E-state index >= 15 is 0 Å². The maximum atomic E-state index is 14.4. The maximum absolute atomic E-state index is 14.4. The molecule has 1 N–H and O–H groups in total. The van der Waals surface area contributed by atoms with Gasteiger partial charge in [-0.25, -0.2) is 4.39 Å². The minimum atomic E-state index is -0.980. The summed E-state index contributed by atoms with van der Waals surface area (Å²) in [6.45, 7) is 7.49. The van der Waals surface area contributed by atoms with E-state index < -0.39 is 35.5 Å². The summed E-state index contributed by atoms with van der Waals surface area (Å²) in [7, 11) is 0. The number of hydrogen-bond acceptors (Lipinski definition) is 9.